The molecule has 7 heteroatoms. The molecule has 0 saturated carbocycles. The van der Waals surface area contributed by atoms with E-state index in [2.05, 4.69) is 26.2 Å². The van der Waals surface area contributed by atoms with Crippen molar-refractivity contribution in [2.24, 2.45) is 14.1 Å². The highest BCUT2D eigenvalue weighted by Crippen LogP contribution is 2.23. The standard InChI is InChI=1S/C15H13BrN4O2/c1-19-13-12(14(21)20(2)15(19)22)11(6-7-17-13)18-10-5-3-4-9(16)8-10/h3-8H,1-2H3,(H,17,18). The minimum absolute atomic E-state index is 0.355. The minimum Gasteiger partial charge on any atom is -0.355 e. The maximum atomic E-state index is 12.4. The maximum absolute atomic E-state index is 12.4. The van der Waals surface area contributed by atoms with Crippen molar-refractivity contribution in [2.45, 2.75) is 0 Å². The van der Waals surface area contributed by atoms with E-state index in [1.54, 1.807) is 19.3 Å². The van der Waals surface area contributed by atoms with Gasteiger partial charge >= 0.3 is 5.69 Å². The summed E-state index contributed by atoms with van der Waals surface area (Å²) < 4.78 is 3.37. The molecule has 2 aromatic heterocycles. The number of fused-ring (bicyclic) bond motifs is 1. The van der Waals surface area contributed by atoms with Crippen molar-refractivity contribution in [1.82, 2.24) is 14.1 Å². The second-order valence-corrected chi connectivity index (χ2v) is 5.81. The third-order valence-electron chi connectivity index (χ3n) is 3.44. The Balaban J connectivity index is 2.27. The van der Waals surface area contributed by atoms with Gasteiger partial charge in [0, 0.05) is 30.5 Å². The molecule has 22 heavy (non-hydrogen) atoms. The molecule has 3 aromatic rings. The van der Waals surface area contributed by atoms with Gasteiger partial charge in [0.05, 0.1) is 5.69 Å². The van der Waals surface area contributed by atoms with Gasteiger partial charge in [-0.05, 0) is 24.3 Å². The molecule has 1 aromatic carbocycles. The molecule has 0 aliphatic rings. The quantitative estimate of drug-likeness (QED) is 0.760. The van der Waals surface area contributed by atoms with Crippen molar-refractivity contribution in [3.05, 3.63) is 61.8 Å². The van der Waals surface area contributed by atoms with Crippen molar-refractivity contribution in [3.8, 4) is 0 Å². The Labute approximate surface area is 134 Å². The lowest BCUT2D eigenvalue weighted by Crippen LogP contribution is -2.37. The van der Waals surface area contributed by atoms with Gasteiger partial charge in [-0.3, -0.25) is 13.9 Å². The molecular formula is C15H13BrN4O2. The van der Waals surface area contributed by atoms with Crippen molar-refractivity contribution in [2.75, 3.05) is 5.32 Å². The van der Waals surface area contributed by atoms with Gasteiger partial charge in [0.2, 0.25) is 0 Å². The van der Waals surface area contributed by atoms with E-state index >= 15 is 0 Å². The first-order valence-electron chi connectivity index (χ1n) is 6.56. The highest BCUT2D eigenvalue weighted by atomic mass is 79.9. The fraction of sp³-hybridized carbons (Fsp3) is 0.133. The van der Waals surface area contributed by atoms with Crippen LogP contribution in [0.1, 0.15) is 0 Å². The zero-order valence-electron chi connectivity index (χ0n) is 12.0. The largest absolute Gasteiger partial charge is 0.355 e. The number of benzene rings is 1. The smallest absolute Gasteiger partial charge is 0.332 e. The molecule has 6 nitrogen and oxygen atoms in total. The van der Waals surface area contributed by atoms with Crippen LogP contribution in [0, 0.1) is 0 Å². The first-order chi connectivity index (χ1) is 10.5. The molecule has 0 atom stereocenters. The lowest BCUT2D eigenvalue weighted by molar-refractivity contribution is 0.708. The Hall–Kier alpha value is -2.41. The normalized spacial score (nSPS) is 10.9. The summed E-state index contributed by atoms with van der Waals surface area (Å²) in [6.45, 7) is 0. The number of aromatic nitrogens is 3. The Morgan fingerprint density at radius 1 is 1.14 bits per heavy atom. The van der Waals surface area contributed by atoms with Crippen molar-refractivity contribution in [3.63, 3.8) is 0 Å². The van der Waals surface area contributed by atoms with Gasteiger partial charge in [-0.2, -0.15) is 0 Å². The molecule has 112 valence electrons. The molecule has 1 N–H and O–H groups in total. The Morgan fingerprint density at radius 3 is 2.64 bits per heavy atom. The van der Waals surface area contributed by atoms with Crippen LogP contribution in [-0.2, 0) is 14.1 Å². The topological polar surface area (TPSA) is 68.9 Å². The van der Waals surface area contributed by atoms with Gasteiger partial charge < -0.3 is 5.32 Å². The summed E-state index contributed by atoms with van der Waals surface area (Å²) in [7, 11) is 3.06. The molecule has 0 spiro atoms. The molecular weight excluding hydrogens is 348 g/mol. The highest BCUT2D eigenvalue weighted by Gasteiger charge is 2.13. The summed E-state index contributed by atoms with van der Waals surface area (Å²) in [5.74, 6) is 0. The predicted octanol–water partition coefficient (Wildman–Crippen LogP) is 2.14. The first kappa shape index (κ1) is 14.5. The van der Waals surface area contributed by atoms with Crippen molar-refractivity contribution >= 4 is 38.3 Å². The third kappa shape index (κ3) is 2.33. The van der Waals surface area contributed by atoms with E-state index < -0.39 is 5.69 Å². The molecule has 0 fully saturated rings. The van der Waals surface area contributed by atoms with Crippen LogP contribution in [0.5, 0.6) is 0 Å². The van der Waals surface area contributed by atoms with Crippen LogP contribution in [0.4, 0.5) is 11.4 Å². The number of halogens is 1. The van der Waals surface area contributed by atoms with Crippen LogP contribution in [-0.4, -0.2) is 14.1 Å². The second-order valence-electron chi connectivity index (χ2n) is 4.90. The van der Waals surface area contributed by atoms with Crippen LogP contribution in [0.2, 0.25) is 0 Å². The number of rotatable bonds is 2. The van der Waals surface area contributed by atoms with E-state index in [4.69, 9.17) is 0 Å². The number of pyridine rings is 1. The fourth-order valence-corrected chi connectivity index (χ4v) is 2.71. The summed E-state index contributed by atoms with van der Waals surface area (Å²) in [5.41, 5.74) is 1.03. The van der Waals surface area contributed by atoms with Crippen molar-refractivity contribution in [1.29, 1.82) is 0 Å². The zero-order valence-corrected chi connectivity index (χ0v) is 13.6. The lowest BCUT2D eigenvalue weighted by Gasteiger charge is -2.12. The van der Waals surface area contributed by atoms with Crippen LogP contribution in [0.15, 0.2) is 50.6 Å². The first-order valence-corrected chi connectivity index (χ1v) is 7.35. The number of anilines is 2. The number of nitrogens with one attached hydrogen (secondary N) is 1. The Kier molecular flexibility index (Phi) is 3.58. The van der Waals surface area contributed by atoms with Gasteiger partial charge in [0.1, 0.15) is 5.39 Å². The van der Waals surface area contributed by atoms with E-state index in [0.717, 1.165) is 14.7 Å². The van der Waals surface area contributed by atoms with Crippen LogP contribution < -0.4 is 16.6 Å². The number of hydrogen-bond acceptors (Lipinski definition) is 4. The number of hydrogen-bond donors (Lipinski definition) is 1. The Morgan fingerprint density at radius 2 is 1.91 bits per heavy atom. The maximum Gasteiger partial charge on any atom is 0.332 e. The predicted molar refractivity (Wildman–Crippen MR) is 89.6 cm³/mol. The van der Waals surface area contributed by atoms with E-state index in [0.29, 0.717) is 16.7 Å². The molecule has 3 rings (SSSR count). The van der Waals surface area contributed by atoms with Crippen LogP contribution >= 0.6 is 15.9 Å². The minimum atomic E-state index is -0.399. The van der Waals surface area contributed by atoms with Gasteiger partial charge in [0.15, 0.2) is 5.65 Å². The molecule has 0 bridgehead atoms. The zero-order chi connectivity index (χ0) is 15.9. The molecule has 0 radical (unpaired) electrons. The SMILES string of the molecule is Cn1c(=O)c2c(Nc3cccc(Br)c3)ccnc2n(C)c1=O. The summed E-state index contributed by atoms with van der Waals surface area (Å²) in [6.07, 6.45) is 1.57. The Bertz CT molecular complexity index is 991. The molecule has 0 aliphatic carbocycles. The molecule has 0 unspecified atom stereocenters. The average molecular weight is 361 g/mol. The summed E-state index contributed by atoms with van der Waals surface area (Å²) in [5, 5.41) is 3.59. The second kappa shape index (κ2) is 5.42. The average Bonchev–Trinajstić information content (AvgIpc) is 2.50. The van der Waals surface area contributed by atoms with Gasteiger partial charge in [-0.25, -0.2) is 9.78 Å². The fourth-order valence-electron chi connectivity index (χ4n) is 2.31. The molecule has 2 heterocycles. The molecule has 0 amide bonds. The highest BCUT2D eigenvalue weighted by molar-refractivity contribution is 9.10. The monoisotopic (exact) mass is 360 g/mol. The van der Waals surface area contributed by atoms with Gasteiger partial charge in [-0.15, -0.1) is 0 Å². The third-order valence-corrected chi connectivity index (χ3v) is 3.94. The van der Waals surface area contributed by atoms with Gasteiger partial charge in [0.25, 0.3) is 5.56 Å². The van der Waals surface area contributed by atoms with Crippen molar-refractivity contribution < 1.29 is 0 Å². The molecule has 0 saturated heterocycles. The summed E-state index contributed by atoms with van der Waals surface area (Å²) in [4.78, 5) is 28.6. The van der Waals surface area contributed by atoms with Crippen LogP contribution in [0.25, 0.3) is 11.0 Å². The van der Waals surface area contributed by atoms with E-state index in [-0.39, 0.29) is 5.56 Å². The number of nitrogens with zero attached hydrogens (tertiary/aromatic N) is 3. The van der Waals surface area contributed by atoms with E-state index in [1.807, 2.05) is 24.3 Å². The van der Waals surface area contributed by atoms with Gasteiger partial charge in [-0.1, -0.05) is 22.0 Å². The van der Waals surface area contributed by atoms with E-state index in [1.165, 1.54) is 11.6 Å². The summed E-state index contributed by atoms with van der Waals surface area (Å²) in [6, 6.07) is 9.32. The number of aryl methyl sites for hydroxylation is 1. The van der Waals surface area contributed by atoms with E-state index in [9.17, 15) is 9.59 Å². The van der Waals surface area contributed by atoms with Crippen LogP contribution in [0.3, 0.4) is 0 Å². The summed E-state index contributed by atoms with van der Waals surface area (Å²) >= 11 is 3.41. The molecule has 0 aliphatic heterocycles. The lowest BCUT2D eigenvalue weighted by atomic mass is 10.2.